The van der Waals surface area contributed by atoms with Gasteiger partial charge in [-0.3, -0.25) is 24.8 Å². The van der Waals surface area contributed by atoms with Crippen LogP contribution in [0.3, 0.4) is 0 Å². The summed E-state index contributed by atoms with van der Waals surface area (Å²) in [6.07, 6.45) is 13.4. The van der Waals surface area contributed by atoms with Gasteiger partial charge in [-0.2, -0.15) is 0 Å². The molecule has 5 N–H and O–H groups in total. The number of Topliss-reactive ketones (excluding diaryl/α,β-unsaturated/α-hetero) is 1. The Balaban J connectivity index is 2.23. The van der Waals surface area contributed by atoms with Gasteiger partial charge in [-0.1, -0.05) is 44.8 Å². The van der Waals surface area contributed by atoms with Crippen LogP contribution in [0, 0.1) is 11.8 Å². The van der Waals surface area contributed by atoms with E-state index in [1.165, 1.54) is 19.3 Å². The Bertz CT molecular complexity index is 747. The van der Waals surface area contributed by atoms with Gasteiger partial charge in [-0.05, 0) is 70.1 Å². The van der Waals surface area contributed by atoms with Crippen LogP contribution in [-0.2, 0) is 24.0 Å². The van der Waals surface area contributed by atoms with E-state index in [-0.39, 0.29) is 48.6 Å². The average molecular weight is 573 g/mol. The molecule has 11 heteroatoms. The van der Waals surface area contributed by atoms with Crippen LogP contribution in [-0.4, -0.2) is 75.1 Å². The largest absolute Gasteiger partial charge is 0.464 e. The van der Waals surface area contributed by atoms with E-state index in [2.05, 4.69) is 17.1 Å². The molecular formula is C29H52N2O9. The number of rotatable bonds is 23. The maximum absolute atomic E-state index is 12.3. The third kappa shape index (κ3) is 16.4. The SMILES string of the molecule is CCCCCCCC(=O)CC[C@@H]1[C@@H](C/C=C\CCCC(=O)NC(C)C(=O)OCCCCON(O)O)[C@@H](O)C[C@H]1O. The molecule has 5 atom stereocenters. The van der Waals surface area contributed by atoms with Crippen molar-refractivity contribution in [3.05, 3.63) is 12.2 Å². The van der Waals surface area contributed by atoms with Crippen LogP contribution in [0.15, 0.2) is 12.2 Å². The van der Waals surface area contributed by atoms with Gasteiger partial charge in [0.2, 0.25) is 5.91 Å². The summed E-state index contributed by atoms with van der Waals surface area (Å²) in [5.74, 6) is -0.715. The quantitative estimate of drug-likeness (QED) is 0.0522. The number of ketones is 1. The molecule has 40 heavy (non-hydrogen) atoms. The number of hydrogen-bond donors (Lipinski definition) is 5. The van der Waals surface area contributed by atoms with Gasteiger partial charge in [-0.25, -0.2) is 4.79 Å². The number of hydrogen-bond acceptors (Lipinski definition) is 10. The second kappa shape index (κ2) is 21.8. The minimum Gasteiger partial charge on any atom is -0.464 e. The molecule has 232 valence electrons. The van der Waals surface area contributed by atoms with Gasteiger partial charge in [0, 0.05) is 19.3 Å². The van der Waals surface area contributed by atoms with Gasteiger partial charge in [0.25, 0.3) is 0 Å². The molecule has 0 bridgehead atoms. The first-order chi connectivity index (χ1) is 19.1. The lowest BCUT2D eigenvalue weighted by Crippen LogP contribution is -2.39. The fourth-order valence-electron chi connectivity index (χ4n) is 5.06. The highest BCUT2D eigenvalue weighted by Crippen LogP contribution is 2.38. The van der Waals surface area contributed by atoms with Crippen molar-refractivity contribution in [2.45, 2.75) is 128 Å². The highest BCUT2D eigenvalue weighted by molar-refractivity contribution is 5.84. The van der Waals surface area contributed by atoms with Gasteiger partial charge in [-0.15, -0.1) is 0 Å². The number of carbonyl (C=O) groups excluding carboxylic acids is 3. The van der Waals surface area contributed by atoms with Gasteiger partial charge in [0.15, 0.2) is 0 Å². The number of nitrogens with one attached hydrogen (secondary N) is 1. The van der Waals surface area contributed by atoms with Crippen molar-refractivity contribution in [2.24, 2.45) is 11.8 Å². The number of esters is 1. The van der Waals surface area contributed by atoms with Crippen molar-refractivity contribution in [1.29, 1.82) is 0 Å². The number of carbonyl (C=O) groups is 3. The molecule has 1 unspecified atom stereocenters. The minimum absolute atomic E-state index is 0.0649. The number of aliphatic hydroxyl groups excluding tert-OH is 2. The summed E-state index contributed by atoms with van der Waals surface area (Å²) in [5, 5.41) is 39.9. The summed E-state index contributed by atoms with van der Waals surface area (Å²) >= 11 is 0. The maximum atomic E-state index is 12.3. The van der Waals surface area contributed by atoms with Gasteiger partial charge in [0.05, 0.1) is 30.8 Å². The second-order valence-corrected chi connectivity index (χ2v) is 10.8. The first-order valence-corrected chi connectivity index (χ1v) is 14.9. The van der Waals surface area contributed by atoms with Crippen molar-refractivity contribution in [1.82, 2.24) is 10.7 Å². The molecular weight excluding hydrogens is 520 g/mol. The predicted molar refractivity (Wildman–Crippen MR) is 148 cm³/mol. The van der Waals surface area contributed by atoms with E-state index < -0.39 is 24.2 Å². The number of nitrogens with zero attached hydrogens (tertiary/aromatic N) is 1. The zero-order chi connectivity index (χ0) is 29.8. The van der Waals surface area contributed by atoms with E-state index in [0.29, 0.717) is 57.8 Å². The fraction of sp³-hybridized carbons (Fsp3) is 0.828. The van der Waals surface area contributed by atoms with Crippen LogP contribution in [0.1, 0.15) is 110 Å². The second-order valence-electron chi connectivity index (χ2n) is 10.8. The zero-order valence-corrected chi connectivity index (χ0v) is 24.3. The van der Waals surface area contributed by atoms with E-state index >= 15 is 0 Å². The van der Waals surface area contributed by atoms with Crippen molar-refractivity contribution in [2.75, 3.05) is 13.2 Å². The summed E-state index contributed by atoms with van der Waals surface area (Å²) < 4.78 is 5.09. The summed E-state index contributed by atoms with van der Waals surface area (Å²) in [6, 6.07) is -0.773. The average Bonchev–Trinajstić information content (AvgIpc) is 3.17. The van der Waals surface area contributed by atoms with Crippen molar-refractivity contribution < 1.29 is 44.6 Å². The number of ether oxygens (including phenoxy) is 1. The lowest BCUT2D eigenvalue weighted by molar-refractivity contribution is -0.492. The number of allylic oxidation sites excluding steroid dienone is 2. The Morgan fingerprint density at radius 1 is 0.900 bits per heavy atom. The molecule has 0 saturated heterocycles. The molecule has 1 amide bonds. The molecule has 0 spiro atoms. The molecule has 11 nitrogen and oxygen atoms in total. The van der Waals surface area contributed by atoms with Crippen molar-refractivity contribution in [3.8, 4) is 0 Å². The van der Waals surface area contributed by atoms with Gasteiger partial charge in [0.1, 0.15) is 11.8 Å². The number of aliphatic hydroxyl groups is 2. The minimum atomic E-state index is -0.773. The Morgan fingerprint density at radius 3 is 2.33 bits per heavy atom. The Morgan fingerprint density at radius 2 is 1.60 bits per heavy atom. The number of amides is 1. The Kier molecular flexibility index (Phi) is 19.7. The predicted octanol–water partition coefficient (Wildman–Crippen LogP) is 4.01. The molecule has 1 saturated carbocycles. The van der Waals surface area contributed by atoms with E-state index in [9.17, 15) is 24.6 Å². The first kappa shape index (κ1) is 36.1. The third-order valence-electron chi connectivity index (χ3n) is 7.41. The van der Waals surface area contributed by atoms with Crippen LogP contribution in [0.4, 0.5) is 0 Å². The van der Waals surface area contributed by atoms with Crippen LogP contribution in [0.5, 0.6) is 0 Å². The lowest BCUT2D eigenvalue weighted by atomic mass is 9.86. The van der Waals surface area contributed by atoms with Crippen LogP contribution in [0.2, 0.25) is 0 Å². The monoisotopic (exact) mass is 572 g/mol. The van der Waals surface area contributed by atoms with Crippen molar-refractivity contribution >= 4 is 17.7 Å². The molecule has 0 aromatic rings. The Labute approximate surface area is 238 Å². The third-order valence-corrected chi connectivity index (χ3v) is 7.41. The highest BCUT2D eigenvalue weighted by Gasteiger charge is 2.40. The topological polar surface area (TPSA) is 166 Å². The molecule has 0 aromatic heterocycles. The van der Waals surface area contributed by atoms with E-state index in [0.717, 1.165) is 12.8 Å². The van der Waals surface area contributed by atoms with Crippen LogP contribution < -0.4 is 5.32 Å². The Hall–Kier alpha value is -1.89. The maximum Gasteiger partial charge on any atom is 0.328 e. The van der Waals surface area contributed by atoms with Crippen molar-refractivity contribution in [3.63, 3.8) is 0 Å². The van der Waals surface area contributed by atoms with Gasteiger partial charge >= 0.3 is 5.97 Å². The first-order valence-electron chi connectivity index (χ1n) is 14.9. The molecule has 0 aliphatic heterocycles. The molecule has 0 heterocycles. The lowest BCUT2D eigenvalue weighted by Gasteiger charge is -2.22. The smallest absolute Gasteiger partial charge is 0.328 e. The summed E-state index contributed by atoms with van der Waals surface area (Å²) in [4.78, 5) is 40.8. The standard InChI is InChI=1S/C29H52N2O9/c1-3-4-5-6-9-14-23(32)17-18-25-24(26(33)21-27(25)34)15-10-7-8-11-16-28(35)30-22(2)29(36)39-19-12-13-20-40-31(37)38/h7,10,22,24-27,33-34,37-38H,3-6,8-9,11-21H2,1-2H3,(H,30,35)/b10-7-/t22?,24-,25-,26+,27-/m1/s1. The van der Waals surface area contributed by atoms with E-state index in [1.807, 2.05) is 12.2 Å². The zero-order valence-electron chi connectivity index (χ0n) is 24.3. The van der Waals surface area contributed by atoms with Crippen LogP contribution in [0.25, 0.3) is 0 Å². The summed E-state index contributed by atoms with van der Waals surface area (Å²) in [5.41, 5.74) is 0. The number of unbranched alkanes of at least 4 members (excludes halogenated alkanes) is 6. The normalized spacial score (nSPS) is 21.7. The molecule has 1 fully saturated rings. The van der Waals surface area contributed by atoms with E-state index in [1.54, 1.807) is 6.92 Å². The molecule has 1 aliphatic rings. The molecule has 1 aliphatic carbocycles. The van der Waals surface area contributed by atoms with Crippen LogP contribution >= 0.6 is 0 Å². The molecule has 0 radical (unpaired) electrons. The van der Waals surface area contributed by atoms with Gasteiger partial charge < -0.3 is 20.3 Å². The summed E-state index contributed by atoms with van der Waals surface area (Å²) in [7, 11) is 0. The highest BCUT2D eigenvalue weighted by atomic mass is 17.1. The molecule has 1 rings (SSSR count). The van der Waals surface area contributed by atoms with E-state index in [4.69, 9.17) is 15.2 Å². The fourth-order valence-corrected chi connectivity index (χ4v) is 5.06. The molecule has 0 aromatic carbocycles. The summed E-state index contributed by atoms with van der Waals surface area (Å²) in [6.45, 7) is 3.92.